The van der Waals surface area contributed by atoms with E-state index >= 15 is 0 Å². The van der Waals surface area contributed by atoms with E-state index in [1.54, 1.807) is 46.3 Å². The van der Waals surface area contributed by atoms with Crippen LogP contribution in [0.1, 0.15) is 29.7 Å². The fourth-order valence-electron chi connectivity index (χ4n) is 3.91. The Kier molecular flexibility index (Phi) is 6.35. The van der Waals surface area contributed by atoms with Crippen LogP contribution >= 0.6 is 0 Å². The summed E-state index contributed by atoms with van der Waals surface area (Å²) in [5.41, 5.74) is 3.21. The van der Waals surface area contributed by atoms with Crippen molar-refractivity contribution in [2.45, 2.75) is 26.2 Å². The summed E-state index contributed by atoms with van der Waals surface area (Å²) < 4.78 is 35.2. The molecule has 0 N–H and O–H groups in total. The summed E-state index contributed by atoms with van der Waals surface area (Å²) in [6, 6.07) is 9.30. The number of aromatic nitrogens is 2. The van der Waals surface area contributed by atoms with Crippen LogP contribution in [0, 0.1) is 18.6 Å². The molecule has 3 aromatic rings. The molecule has 1 aliphatic rings. The molecule has 7 heteroatoms. The predicted octanol–water partition coefficient (Wildman–Crippen LogP) is 4.72. The molecule has 32 heavy (non-hydrogen) atoms. The topological polar surface area (TPSA) is 47.4 Å². The summed E-state index contributed by atoms with van der Waals surface area (Å²) in [6.07, 6.45) is 7.06. The number of carbonyl (C=O) groups excluding carboxylic acids is 1. The SMILES string of the molecule is COc1cc(/C=C2\CCCN(CCc3ccc(F)cc3)C2=O)c(F)cc1-n1cnc(C)c1. The van der Waals surface area contributed by atoms with Gasteiger partial charge in [0.05, 0.1) is 24.8 Å². The van der Waals surface area contributed by atoms with Crippen molar-refractivity contribution in [2.75, 3.05) is 20.2 Å². The molecule has 2 aromatic carbocycles. The van der Waals surface area contributed by atoms with E-state index in [4.69, 9.17) is 4.74 Å². The highest BCUT2D eigenvalue weighted by atomic mass is 19.1. The smallest absolute Gasteiger partial charge is 0.249 e. The van der Waals surface area contributed by atoms with Gasteiger partial charge >= 0.3 is 0 Å². The first-order chi connectivity index (χ1) is 15.4. The van der Waals surface area contributed by atoms with Crippen molar-refractivity contribution >= 4 is 12.0 Å². The van der Waals surface area contributed by atoms with Gasteiger partial charge < -0.3 is 14.2 Å². The monoisotopic (exact) mass is 437 g/mol. The normalized spacial score (nSPS) is 15.4. The molecule has 0 atom stereocenters. The molecule has 4 rings (SSSR count). The number of hydrogen-bond donors (Lipinski definition) is 0. The van der Waals surface area contributed by atoms with Crippen LogP contribution in [-0.2, 0) is 11.2 Å². The first-order valence-corrected chi connectivity index (χ1v) is 10.6. The first kappa shape index (κ1) is 21.7. The van der Waals surface area contributed by atoms with Gasteiger partial charge in [-0.3, -0.25) is 4.79 Å². The number of halogens is 2. The van der Waals surface area contributed by atoms with E-state index in [1.807, 2.05) is 6.92 Å². The van der Waals surface area contributed by atoms with Crippen molar-refractivity contribution in [2.24, 2.45) is 0 Å². The number of imidazole rings is 1. The van der Waals surface area contributed by atoms with Gasteiger partial charge in [-0.15, -0.1) is 0 Å². The Bertz CT molecular complexity index is 1150. The van der Waals surface area contributed by atoms with Crippen molar-refractivity contribution < 1.29 is 18.3 Å². The minimum absolute atomic E-state index is 0.0916. The van der Waals surface area contributed by atoms with Crippen LogP contribution in [-0.4, -0.2) is 40.6 Å². The molecule has 1 fully saturated rings. The van der Waals surface area contributed by atoms with Crippen molar-refractivity contribution in [3.63, 3.8) is 0 Å². The maximum atomic E-state index is 15.0. The lowest BCUT2D eigenvalue weighted by atomic mass is 9.99. The van der Waals surface area contributed by atoms with Crippen LogP contribution in [0.5, 0.6) is 5.75 Å². The third-order valence-electron chi connectivity index (χ3n) is 5.64. The number of likely N-dealkylation sites (tertiary alicyclic amines) is 1. The summed E-state index contributed by atoms with van der Waals surface area (Å²) in [5, 5.41) is 0. The van der Waals surface area contributed by atoms with E-state index in [-0.39, 0.29) is 11.7 Å². The van der Waals surface area contributed by atoms with E-state index in [9.17, 15) is 13.6 Å². The Morgan fingerprint density at radius 1 is 1.19 bits per heavy atom. The number of aryl methyl sites for hydroxylation is 1. The van der Waals surface area contributed by atoms with Crippen molar-refractivity contribution in [1.82, 2.24) is 14.5 Å². The molecular formula is C25H25F2N3O2. The predicted molar refractivity (Wildman–Crippen MR) is 119 cm³/mol. The van der Waals surface area contributed by atoms with Gasteiger partial charge in [-0.2, -0.15) is 0 Å². The van der Waals surface area contributed by atoms with Crippen LogP contribution in [0.2, 0.25) is 0 Å². The van der Waals surface area contributed by atoms with Gasteiger partial charge in [-0.1, -0.05) is 12.1 Å². The summed E-state index contributed by atoms with van der Waals surface area (Å²) >= 11 is 0. The van der Waals surface area contributed by atoms with Crippen LogP contribution in [0.25, 0.3) is 11.8 Å². The van der Waals surface area contributed by atoms with Crippen LogP contribution in [0.3, 0.4) is 0 Å². The number of hydrogen-bond acceptors (Lipinski definition) is 3. The number of amides is 1. The number of ether oxygens (including phenoxy) is 1. The zero-order valence-corrected chi connectivity index (χ0v) is 18.1. The molecule has 5 nitrogen and oxygen atoms in total. The van der Waals surface area contributed by atoms with E-state index in [1.165, 1.54) is 25.3 Å². The number of benzene rings is 2. The summed E-state index contributed by atoms with van der Waals surface area (Å²) in [4.78, 5) is 18.9. The van der Waals surface area contributed by atoms with Crippen molar-refractivity contribution in [3.05, 3.63) is 83.0 Å². The summed E-state index contributed by atoms with van der Waals surface area (Å²) in [7, 11) is 1.53. The van der Waals surface area contributed by atoms with E-state index < -0.39 is 5.82 Å². The molecule has 0 unspecified atom stereocenters. The zero-order valence-electron chi connectivity index (χ0n) is 18.1. The van der Waals surface area contributed by atoms with Crippen LogP contribution in [0.4, 0.5) is 8.78 Å². The lowest BCUT2D eigenvalue weighted by molar-refractivity contribution is -0.128. The molecule has 1 saturated heterocycles. The molecule has 1 aromatic heterocycles. The Balaban J connectivity index is 1.54. The lowest BCUT2D eigenvalue weighted by Crippen LogP contribution is -2.38. The Labute approximate surface area is 186 Å². The molecule has 0 saturated carbocycles. The minimum Gasteiger partial charge on any atom is -0.495 e. The van der Waals surface area contributed by atoms with Gasteiger partial charge in [0.2, 0.25) is 5.91 Å². The maximum absolute atomic E-state index is 15.0. The lowest BCUT2D eigenvalue weighted by Gasteiger charge is -2.28. The highest BCUT2D eigenvalue weighted by molar-refractivity contribution is 5.98. The van der Waals surface area contributed by atoms with Crippen molar-refractivity contribution in [1.29, 1.82) is 0 Å². The van der Waals surface area contributed by atoms with E-state index in [0.717, 1.165) is 17.7 Å². The fourth-order valence-corrected chi connectivity index (χ4v) is 3.91. The zero-order chi connectivity index (χ0) is 22.7. The molecule has 1 amide bonds. The Morgan fingerprint density at radius 3 is 2.66 bits per heavy atom. The number of carbonyl (C=O) groups is 1. The standard InChI is InChI=1S/C25H25F2N3O2/c1-17-15-30(16-28-17)23-14-22(27)20(13-24(23)32-2)12-19-4-3-10-29(25(19)31)11-9-18-5-7-21(26)8-6-18/h5-8,12-16H,3-4,9-11H2,1-2H3/b19-12+. The van der Waals surface area contributed by atoms with Gasteiger partial charge in [0.25, 0.3) is 0 Å². The van der Waals surface area contributed by atoms with Gasteiger partial charge in [0.1, 0.15) is 17.4 Å². The highest BCUT2D eigenvalue weighted by Crippen LogP contribution is 2.29. The second kappa shape index (κ2) is 9.34. The molecule has 0 radical (unpaired) electrons. The van der Waals surface area contributed by atoms with E-state index in [2.05, 4.69) is 4.98 Å². The maximum Gasteiger partial charge on any atom is 0.249 e. The molecular weight excluding hydrogens is 412 g/mol. The number of rotatable bonds is 6. The molecule has 0 spiro atoms. The fraction of sp³-hybridized carbons (Fsp3) is 0.280. The molecule has 0 aliphatic carbocycles. The Morgan fingerprint density at radius 2 is 1.97 bits per heavy atom. The second-order valence-electron chi connectivity index (χ2n) is 7.91. The van der Waals surface area contributed by atoms with Crippen LogP contribution < -0.4 is 4.74 Å². The largest absolute Gasteiger partial charge is 0.495 e. The average Bonchev–Trinajstić information content (AvgIpc) is 3.22. The van der Waals surface area contributed by atoms with Gasteiger partial charge in [-0.05, 0) is 56.0 Å². The second-order valence-corrected chi connectivity index (χ2v) is 7.91. The number of piperidine rings is 1. The molecule has 1 aliphatic heterocycles. The van der Waals surface area contributed by atoms with Gasteiger partial charge in [-0.25, -0.2) is 13.8 Å². The molecule has 2 heterocycles. The average molecular weight is 437 g/mol. The van der Waals surface area contributed by atoms with Crippen LogP contribution in [0.15, 0.2) is 54.5 Å². The van der Waals surface area contributed by atoms with Gasteiger partial charge in [0.15, 0.2) is 0 Å². The summed E-state index contributed by atoms with van der Waals surface area (Å²) in [6.45, 7) is 3.04. The quantitative estimate of drug-likeness (QED) is 0.525. The molecule has 166 valence electrons. The highest BCUT2D eigenvalue weighted by Gasteiger charge is 2.23. The first-order valence-electron chi connectivity index (χ1n) is 10.6. The van der Waals surface area contributed by atoms with Gasteiger partial charge in [0, 0.05) is 36.5 Å². The number of nitrogens with zero attached hydrogens (tertiary/aromatic N) is 3. The Hall–Kier alpha value is -3.48. The summed E-state index contributed by atoms with van der Waals surface area (Å²) in [5.74, 6) is -0.311. The van der Waals surface area contributed by atoms with Crippen molar-refractivity contribution in [3.8, 4) is 11.4 Å². The number of methoxy groups -OCH3 is 1. The third kappa shape index (κ3) is 4.72. The molecule has 0 bridgehead atoms. The van der Waals surface area contributed by atoms with E-state index in [0.29, 0.717) is 48.5 Å². The minimum atomic E-state index is -0.434. The third-order valence-corrected chi connectivity index (χ3v) is 5.64.